The van der Waals surface area contributed by atoms with Gasteiger partial charge in [-0.15, -0.1) is 0 Å². The molecular formula is C24H28FNO7. The molecule has 1 aromatic carbocycles. The third-order valence-corrected chi connectivity index (χ3v) is 6.40. The topological polar surface area (TPSA) is 96.2 Å². The number of aromatic nitrogens is 1. The number of methoxy groups -OCH3 is 2. The number of fused-ring (bicyclic) bond motifs is 6. The van der Waals surface area contributed by atoms with E-state index < -0.39 is 28.2 Å². The van der Waals surface area contributed by atoms with Gasteiger partial charge in [0.25, 0.3) is 0 Å². The Morgan fingerprint density at radius 3 is 2.70 bits per heavy atom. The number of carbonyl (C=O) groups is 1. The molecule has 1 N–H and O–H groups in total. The smallest absolute Gasteiger partial charge is 0.341 e. The lowest BCUT2D eigenvalue weighted by Crippen LogP contribution is -2.45. The molecule has 9 heteroatoms. The molecule has 1 saturated heterocycles. The van der Waals surface area contributed by atoms with Crippen molar-refractivity contribution in [2.75, 3.05) is 40.6 Å². The zero-order valence-corrected chi connectivity index (χ0v) is 19.1. The molecule has 1 fully saturated rings. The molecule has 178 valence electrons. The van der Waals surface area contributed by atoms with Crippen LogP contribution >= 0.6 is 0 Å². The fourth-order valence-corrected chi connectivity index (χ4v) is 4.98. The average Bonchev–Trinajstić information content (AvgIpc) is 2.77. The highest BCUT2D eigenvalue weighted by molar-refractivity contribution is 5.88. The predicted octanol–water partition coefficient (Wildman–Crippen LogP) is 3.47. The van der Waals surface area contributed by atoms with Crippen molar-refractivity contribution < 1.29 is 33.2 Å². The maximum absolute atomic E-state index is 15.5. The lowest BCUT2D eigenvalue weighted by Gasteiger charge is -2.49. The Balaban J connectivity index is 1.95. The first kappa shape index (κ1) is 23.3. The second kappa shape index (κ2) is 8.79. The van der Waals surface area contributed by atoms with Crippen molar-refractivity contribution in [3.63, 3.8) is 0 Å². The second-order valence-corrected chi connectivity index (χ2v) is 9.09. The van der Waals surface area contributed by atoms with E-state index in [-0.39, 0.29) is 17.7 Å². The number of benzene rings is 1. The van der Waals surface area contributed by atoms with Gasteiger partial charge in [-0.1, -0.05) is 13.8 Å². The number of pyridine rings is 1. The SMILES string of the molecule is COCCCOc1cc2c(cc1OC)-c1c(F)c(=O)c(C(=O)O)cn1C1[C@@H]2COCC1(C)C. The Bertz CT molecular complexity index is 1140. The van der Waals surface area contributed by atoms with Crippen molar-refractivity contribution in [1.82, 2.24) is 4.57 Å². The van der Waals surface area contributed by atoms with Crippen molar-refractivity contribution in [2.45, 2.75) is 32.2 Å². The summed E-state index contributed by atoms with van der Waals surface area (Å²) in [6.07, 6.45) is 1.95. The van der Waals surface area contributed by atoms with Crippen molar-refractivity contribution in [3.8, 4) is 22.8 Å². The summed E-state index contributed by atoms with van der Waals surface area (Å²) < 4.78 is 39.5. The fourth-order valence-electron chi connectivity index (χ4n) is 4.98. The van der Waals surface area contributed by atoms with Crippen molar-refractivity contribution in [2.24, 2.45) is 5.41 Å². The molecule has 0 bridgehead atoms. The first-order valence-electron chi connectivity index (χ1n) is 10.8. The minimum Gasteiger partial charge on any atom is -0.493 e. The number of hydrogen-bond donors (Lipinski definition) is 1. The standard InChI is InChI=1S/C24H28FNO7/c1-24(2)12-32-11-16-13-8-18(33-7-5-6-30-3)17(31-4)9-14(13)20-19(25)21(27)15(23(28)29)10-26(20)22(16)24/h8-10,16,22H,5-7,11-12H2,1-4H3,(H,28,29)/t16-,22?/m1/s1. The average molecular weight is 461 g/mol. The van der Waals surface area contributed by atoms with E-state index in [1.54, 1.807) is 17.7 Å². The Hall–Kier alpha value is -2.91. The van der Waals surface area contributed by atoms with Gasteiger partial charge in [0.1, 0.15) is 5.56 Å². The van der Waals surface area contributed by atoms with Gasteiger partial charge in [0.05, 0.1) is 38.7 Å². The van der Waals surface area contributed by atoms with Crippen molar-refractivity contribution in [1.29, 1.82) is 0 Å². The number of halogens is 1. The van der Waals surface area contributed by atoms with Gasteiger partial charge < -0.3 is 28.6 Å². The van der Waals surface area contributed by atoms with Gasteiger partial charge in [0, 0.05) is 43.2 Å². The summed E-state index contributed by atoms with van der Waals surface area (Å²) in [4.78, 5) is 24.2. The molecule has 33 heavy (non-hydrogen) atoms. The van der Waals surface area contributed by atoms with E-state index in [1.807, 2.05) is 19.9 Å². The van der Waals surface area contributed by atoms with E-state index in [0.29, 0.717) is 49.9 Å². The third-order valence-electron chi connectivity index (χ3n) is 6.40. The molecule has 0 radical (unpaired) electrons. The Morgan fingerprint density at radius 2 is 2.03 bits per heavy atom. The van der Waals surface area contributed by atoms with Crippen LogP contribution < -0.4 is 14.9 Å². The van der Waals surface area contributed by atoms with Gasteiger partial charge in [-0.05, 0) is 17.7 Å². The maximum atomic E-state index is 15.5. The van der Waals surface area contributed by atoms with Crippen LogP contribution in [-0.4, -0.2) is 56.3 Å². The summed E-state index contributed by atoms with van der Waals surface area (Å²) in [6.45, 7) is 5.71. The van der Waals surface area contributed by atoms with Crippen molar-refractivity contribution in [3.05, 3.63) is 45.5 Å². The van der Waals surface area contributed by atoms with Crippen LogP contribution in [-0.2, 0) is 9.47 Å². The molecule has 0 amide bonds. The molecule has 4 rings (SSSR count). The first-order chi connectivity index (χ1) is 15.7. The molecule has 2 aromatic rings. The number of ether oxygens (including phenoxy) is 4. The maximum Gasteiger partial charge on any atom is 0.341 e. The minimum atomic E-state index is -1.46. The van der Waals surface area contributed by atoms with Crippen LogP contribution in [0, 0.1) is 11.2 Å². The zero-order valence-electron chi connectivity index (χ0n) is 19.1. The Labute approximate surface area is 190 Å². The molecular weight excluding hydrogens is 433 g/mol. The normalized spacial score (nSPS) is 20.4. The molecule has 0 spiro atoms. The molecule has 1 unspecified atom stereocenters. The number of carboxylic acid groups (broad SMARTS) is 1. The van der Waals surface area contributed by atoms with Crippen LogP contribution in [0.3, 0.4) is 0 Å². The summed E-state index contributed by atoms with van der Waals surface area (Å²) in [5.41, 5.74) is -0.888. The summed E-state index contributed by atoms with van der Waals surface area (Å²) in [5, 5.41) is 9.50. The molecule has 2 atom stereocenters. The Morgan fingerprint density at radius 1 is 1.27 bits per heavy atom. The molecule has 3 heterocycles. The van der Waals surface area contributed by atoms with E-state index in [0.717, 1.165) is 5.56 Å². The molecule has 8 nitrogen and oxygen atoms in total. The zero-order chi connectivity index (χ0) is 23.9. The van der Waals surface area contributed by atoms with E-state index in [2.05, 4.69) is 0 Å². The highest BCUT2D eigenvalue weighted by Gasteiger charge is 2.47. The highest BCUT2D eigenvalue weighted by Crippen LogP contribution is 2.54. The third kappa shape index (κ3) is 3.89. The number of hydrogen-bond acceptors (Lipinski definition) is 6. The second-order valence-electron chi connectivity index (χ2n) is 9.09. The van der Waals surface area contributed by atoms with Crippen LogP contribution in [0.2, 0.25) is 0 Å². The highest BCUT2D eigenvalue weighted by atomic mass is 19.1. The summed E-state index contributed by atoms with van der Waals surface area (Å²) in [5.74, 6) is -1.85. The van der Waals surface area contributed by atoms with E-state index in [1.165, 1.54) is 13.3 Å². The summed E-state index contributed by atoms with van der Waals surface area (Å²) >= 11 is 0. The molecule has 0 saturated carbocycles. The van der Waals surface area contributed by atoms with Gasteiger partial charge >= 0.3 is 5.97 Å². The van der Waals surface area contributed by atoms with Crippen LogP contribution in [0.15, 0.2) is 23.1 Å². The molecule has 0 aliphatic carbocycles. The molecule has 1 aromatic heterocycles. The van der Waals surface area contributed by atoms with Crippen molar-refractivity contribution >= 4 is 5.97 Å². The quantitative estimate of drug-likeness (QED) is 0.631. The first-order valence-corrected chi connectivity index (χ1v) is 10.8. The number of carboxylic acids is 1. The van der Waals surface area contributed by atoms with Gasteiger partial charge in [0.15, 0.2) is 17.3 Å². The van der Waals surface area contributed by atoms with Gasteiger partial charge in [0.2, 0.25) is 5.43 Å². The van der Waals surface area contributed by atoms with Crippen LogP contribution in [0.1, 0.15) is 48.1 Å². The Kier molecular flexibility index (Phi) is 6.20. The van der Waals surface area contributed by atoms with Gasteiger partial charge in [-0.2, -0.15) is 0 Å². The number of aromatic carboxylic acids is 1. The number of nitrogens with zero attached hydrogens (tertiary/aromatic N) is 1. The molecule has 2 aliphatic heterocycles. The van der Waals surface area contributed by atoms with E-state index in [4.69, 9.17) is 18.9 Å². The van der Waals surface area contributed by atoms with Crippen LogP contribution in [0.5, 0.6) is 11.5 Å². The molecule has 2 aliphatic rings. The van der Waals surface area contributed by atoms with Crippen LogP contribution in [0.25, 0.3) is 11.3 Å². The largest absolute Gasteiger partial charge is 0.493 e. The van der Waals surface area contributed by atoms with Gasteiger partial charge in [-0.25, -0.2) is 9.18 Å². The predicted molar refractivity (Wildman–Crippen MR) is 118 cm³/mol. The number of rotatable bonds is 7. The minimum absolute atomic E-state index is 0.0560. The monoisotopic (exact) mass is 461 g/mol. The fraction of sp³-hybridized carbons (Fsp3) is 0.500. The summed E-state index contributed by atoms with van der Waals surface area (Å²) in [7, 11) is 3.10. The van der Waals surface area contributed by atoms with E-state index >= 15 is 4.39 Å². The van der Waals surface area contributed by atoms with Crippen LogP contribution in [0.4, 0.5) is 4.39 Å². The lowest BCUT2D eigenvalue weighted by molar-refractivity contribution is -0.0432. The summed E-state index contributed by atoms with van der Waals surface area (Å²) in [6, 6.07) is 3.15. The van der Waals surface area contributed by atoms with Gasteiger partial charge in [-0.3, -0.25) is 4.79 Å². The van der Waals surface area contributed by atoms with E-state index in [9.17, 15) is 14.7 Å². The lowest BCUT2D eigenvalue weighted by atomic mass is 9.70.